The molecular formula is C11H13FN2. The van der Waals surface area contributed by atoms with Crippen molar-refractivity contribution in [3.63, 3.8) is 0 Å². The van der Waals surface area contributed by atoms with Gasteiger partial charge in [-0.05, 0) is 36.6 Å². The van der Waals surface area contributed by atoms with Crippen LogP contribution in [0.1, 0.15) is 12.6 Å². The first-order valence-electron chi connectivity index (χ1n) is 4.68. The van der Waals surface area contributed by atoms with Crippen molar-refractivity contribution in [2.75, 3.05) is 0 Å². The van der Waals surface area contributed by atoms with E-state index in [1.54, 1.807) is 6.07 Å². The average molecular weight is 192 g/mol. The molecule has 0 fully saturated rings. The molecule has 2 rings (SSSR count). The summed E-state index contributed by atoms with van der Waals surface area (Å²) in [5.41, 5.74) is 7.57. The number of nitrogens with one attached hydrogen (secondary N) is 1. The summed E-state index contributed by atoms with van der Waals surface area (Å²) < 4.78 is 12.9. The first-order valence-corrected chi connectivity index (χ1v) is 4.68. The van der Waals surface area contributed by atoms with Crippen LogP contribution in [-0.2, 0) is 6.42 Å². The van der Waals surface area contributed by atoms with E-state index in [2.05, 4.69) is 4.98 Å². The molecule has 0 aliphatic heterocycles. The number of aromatic nitrogens is 1. The predicted molar refractivity (Wildman–Crippen MR) is 55.6 cm³/mol. The summed E-state index contributed by atoms with van der Waals surface area (Å²) in [7, 11) is 0. The minimum absolute atomic E-state index is 0.118. The fourth-order valence-corrected chi connectivity index (χ4v) is 1.62. The highest BCUT2D eigenvalue weighted by Crippen LogP contribution is 2.17. The standard InChI is InChI=1S/C11H13FN2/c1-7(13)4-10-5-8-2-3-9(12)6-11(8)14-10/h2-3,5-7,14H,4,13H2,1H3. The molecule has 0 saturated carbocycles. The van der Waals surface area contributed by atoms with Gasteiger partial charge in [0.2, 0.25) is 0 Å². The van der Waals surface area contributed by atoms with Gasteiger partial charge in [0.25, 0.3) is 0 Å². The van der Waals surface area contributed by atoms with Gasteiger partial charge in [-0.2, -0.15) is 0 Å². The second kappa shape index (κ2) is 3.42. The number of hydrogen-bond acceptors (Lipinski definition) is 1. The lowest BCUT2D eigenvalue weighted by atomic mass is 10.2. The fraction of sp³-hybridized carbons (Fsp3) is 0.273. The van der Waals surface area contributed by atoms with Crippen LogP contribution in [-0.4, -0.2) is 11.0 Å². The van der Waals surface area contributed by atoms with Gasteiger partial charge >= 0.3 is 0 Å². The lowest BCUT2D eigenvalue weighted by Gasteiger charge is -2.00. The second-order valence-corrected chi connectivity index (χ2v) is 3.71. The Morgan fingerprint density at radius 2 is 2.21 bits per heavy atom. The van der Waals surface area contributed by atoms with Gasteiger partial charge in [0.15, 0.2) is 0 Å². The summed E-state index contributed by atoms with van der Waals surface area (Å²) in [6.45, 7) is 1.95. The molecule has 0 aliphatic rings. The molecule has 1 atom stereocenters. The number of halogens is 1. The van der Waals surface area contributed by atoms with Crippen LogP contribution in [0.15, 0.2) is 24.3 Å². The highest BCUT2D eigenvalue weighted by molar-refractivity contribution is 5.80. The van der Waals surface area contributed by atoms with E-state index in [1.807, 2.05) is 13.0 Å². The van der Waals surface area contributed by atoms with Gasteiger partial charge < -0.3 is 10.7 Å². The van der Waals surface area contributed by atoms with Crippen molar-refractivity contribution in [3.05, 3.63) is 35.8 Å². The number of H-pyrrole nitrogens is 1. The summed E-state index contributed by atoms with van der Waals surface area (Å²) in [5.74, 6) is -0.216. The van der Waals surface area contributed by atoms with Crippen LogP contribution in [0.25, 0.3) is 10.9 Å². The lowest BCUT2D eigenvalue weighted by molar-refractivity contribution is 0.629. The quantitative estimate of drug-likeness (QED) is 0.752. The molecule has 0 saturated heterocycles. The highest BCUT2D eigenvalue weighted by atomic mass is 19.1. The normalized spacial score (nSPS) is 13.4. The lowest BCUT2D eigenvalue weighted by Crippen LogP contribution is -2.17. The molecule has 74 valence electrons. The number of rotatable bonds is 2. The molecule has 1 unspecified atom stereocenters. The van der Waals surface area contributed by atoms with E-state index in [4.69, 9.17) is 5.73 Å². The fourth-order valence-electron chi connectivity index (χ4n) is 1.62. The summed E-state index contributed by atoms with van der Waals surface area (Å²) >= 11 is 0. The van der Waals surface area contributed by atoms with Crippen LogP contribution in [0.5, 0.6) is 0 Å². The van der Waals surface area contributed by atoms with Gasteiger partial charge in [-0.1, -0.05) is 0 Å². The molecule has 2 aromatic rings. The van der Waals surface area contributed by atoms with Gasteiger partial charge in [-0.25, -0.2) is 4.39 Å². The zero-order valence-electron chi connectivity index (χ0n) is 8.05. The van der Waals surface area contributed by atoms with Gasteiger partial charge in [0.1, 0.15) is 5.82 Å². The summed E-state index contributed by atoms with van der Waals surface area (Å²) in [6, 6.07) is 6.86. The first kappa shape index (κ1) is 9.21. The predicted octanol–water partition coefficient (Wildman–Crippen LogP) is 2.20. The first-order chi connectivity index (χ1) is 6.65. The smallest absolute Gasteiger partial charge is 0.125 e. The van der Waals surface area contributed by atoms with E-state index in [9.17, 15) is 4.39 Å². The third-order valence-corrected chi connectivity index (χ3v) is 2.18. The maximum atomic E-state index is 12.9. The monoisotopic (exact) mass is 192 g/mol. The van der Waals surface area contributed by atoms with Crippen LogP contribution >= 0.6 is 0 Å². The van der Waals surface area contributed by atoms with Crippen LogP contribution in [0.2, 0.25) is 0 Å². The van der Waals surface area contributed by atoms with E-state index in [0.717, 1.165) is 23.0 Å². The summed E-state index contributed by atoms with van der Waals surface area (Å²) in [4.78, 5) is 3.15. The van der Waals surface area contributed by atoms with Crippen molar-refractivity contribution < 1.29 is 4.39 Å². The third kappa shape index (κ3) is 1.77. The Bertz CT molecular complexity index is 445. The number of hydrogen-bond donors (Lipinski definition) is 2. The molecule has 0 radical (unpaired) electrons. The zero-order valence-corrected chi connectivity index (χ0v) is 8.05. The molecule has 0 amide bonds. The Morgan fingerprint density at radius 1 is 1.43 bits per heavy atom. The maximum Gasteiger partial charge on any atom is 0.125 e. The van der Waals surface area contributed by atoms with Crippen molar-refractivity contribution in [2.24, 2.45) is 5.73 Å². The van der Waals surface area contributed by atoms with Gasteiger partial charge in [-0.3, -0.25) is 0 Å². The largest absolute Gasteiger partial charge is 0.358 e. The minimum Gasteiger partial charge on any atom is -0.358 e. The molecule has 1 heterocycles. The van der Waals surface area contributed by atoms with E-state index >= 15 is 0 Å². The highest BCUT2D eigenvalue weighted by Gasteiger charge is 2.03. The Morgan fingerprint density at radius 3 is 2.93 bits per heavy atom. The van der Waals surface area contributed by atoms with Crippen LogP contribution in [0.3, 0.4) is 0 Å². The van der Waals surface area contributed by atoms with Crippen molar-refractivity contribution in [1.82, 2.24) is 4.98 Å². The molecule has 2 nitrogen and oxygen atoms in total. The number of fused-ring (bicyclic) bond motifs is 1. The Balaban J connectivity index is 2.41. The van der Waals surface area contributed by atoms with Crippen molar-refractivity contribution in [1.29, 1.82) is 0 Å². The van der Waals surface area contributed by atoms with Gasteiger partial charge in [0.05, 0.1) is 0 Å². The van der Waals surface area contributed by atoms with Gasteiger partial charge in [-0.15, -0.1) is 0 Å². The van der Waals surface area contributed by atoms with E-state index in [-0.39, 0.29) is 11.9 Å². The molecular weight excluding hydrogens is 179 g/mol. The number of aromatic amines is 1. The molecule has 0 spiro atoms. The van der Waals surface area contributed by atoms with Crippen LogP contribution < -0.4 is 5.73 Å². The van der Waals surface area contributed by atoms with E-state index < -0.39 is 0 Å². The molecule has 3 N–H and O–H groups in total. The van der Waals surface area contributed by atoms with Crippen molar-refractivity contribution >= 4 is 10.9 Å². The maximum absolute atomic E-state index is 12.9. The third-order valence-electron chi connectivity index (χ3n) is 2.18. The molecule has 1 aromatic heterocycles. The number of benzene rings is 1. The zero-order chi connectivity index (χ0) is 10.1. The topological polar surface area (TPSA) is 41.8 Å². The molecule has 14 heavy (non-hydrogen) atoms. The molecule has 0 aliphatic carbocycles. The average Bonchev–Trinajstić information content (AvgIpc) is 2.44. The SMILES string of the molecule is CC(N)Cc1cc2ccc(F)cc2[nH]1. The van der Waals surface area contributed by atoms with Crippen molar-refractivity contribution in [3.8, 4) is 0 Å². The Kier molecular flexibility index (Phi) is 2.25. The van der Waals surface area contributed by atoms with E-state index in [1.165, 1.54) is 12.1 Å². The summed E-state index contributed by atoms with van der Waals surface area (Å²) in [5, 5.41) is 1.03. The van der Waals surface area contributed by atoms with Crippen LogP contribution in [0.4, 0.5) is 4.39 Å². The minimum atomic E-state index is -0.216. The van der Waals surface area contributed by atoms with Gasteiger partial charge in [0, 0.05) is 23.7 Å². The number of nitrogens with two attached hydrogens (primary N) is 1. The molecule has 3 heteroatoms. The molecule has 1 aromatic carbocycles. The van der Waals surface area contributed by atoms with Crippen molar-refractivity contribution in [2.45, 2.75) is 19.4 Å². The van der Waals surface area contributed by atoms with Crippen LogP contribution in [0, 0.1) is 5.82 Å². The second-order valence-electron chi connectivity index (χ2n) is 3.71. The Hall–Kier alpha value is -1.35. The van der Waals surface area contributed by atoms with E-state index in [0.29, 0.717) is 0 Å². The molecule has 0 bridgehead atoms. The Labute approximate surface area is 81.9 Å². The summed E-state index contributed by atoms with van der Waals surface area (Å²) in [6.07, 6.45) is 0.788.